The maximum absolute atomic E-state index is 11.7. The predicted octanol–water partition coefficient (Wildman–Crippen LogP) is 0.341. The van der Waals surface area contributed by atoms with Crippen LogP contribution in [-0.4, -0.2) is 56.2 Å². The zero-order valence-electron chi connectivity index (χ0n) is 11.7. The van der Waals surface area contributed by atoms with Crippen LogP contribution in [0.2, 0.25) is 0 Å². The molecule has 0 aromatic rings. The number of carbonyl (C=O) groups excluding carboxylic acids is 1. The molecule has 0 saturated carbocycles. The Labute approximate surface area is 110 Å². The van der Waals surface area contributed by atoms with Gasteiger partial charge in [-0.15, -0.1) is 0 Å². The van der Waals surface area contributed by atoms with E-state index in [0.717, 1.165) is 13.1 Å². The minimum Gasteiger partial charge on any atom is -0.385 e. The molecule has 1 aliphatic heterocycles. The van der Waals surface area contributed by atoms with E-state index in [4.69, 9.17) is 10.5 Å². The summed E-state index contributed by atoms with van der Waals surface area (Å²) < 4.78 is 4.92. The number of hydrogen-bond acceptors (Lipinski definition) is 4. The highest BCUT2D eigenvalue weighted by Gasteiger charge is 2.18. The van der Waals surface area contributed by atoms with Gasteiger partial charge in [0.05, 0.1) is 6.04 Å². The smallest absolute Gasteiger partial charge is 0.237 e. The monoisotopic (exact) mass is 257 g/mol. The molecule has 1 fully saturated rings. The van der Waals surface area contributed by atoms with Crippen LogP contribution in [0.1, 0.15) is 32.6 Å². The summed E-state index contributed by atoms with van der Waals surface area (Å²) in [5.74, 6) is -0.0732. The number of ether oxygens (including phenoxy) is 1. The normalized spacial score (nSPS) is 20.4. The predicted molar refractivity (Wildman–Crippen MR) is 72.4 cm³/mol. The molecule has 0 radical (unpaired) electrons. The first kappa shape index (κ1) is 15.4. The molecular weight excluding hydrogens is 230 g/mol. The topological polar surface area (TPSA) is 67.6 Å². The molecule has 1 amide bonds. The first-order chi connectivity index (χ1) is 8.65. The second-order valence-corrected chi connectivity index (χ2v) is 5.08. The Morgan fingerprint density at radius 2 is 2.06 bits per heavy atom. The molecular formula is C13H27N3O2. The summed E-state index contributed by atoms with van der Waals surface area (Å²) >= 11 is 0. The Balaban J connectivity index is 2.20. The molecule has 1 heterocycles. The van der Waals surface area contributed by atoms with E-state index in [1.807, 2.05) is 0 Å². The van der Waals surface area contributed by atoms with Crippen LogP contribution in [0.15, 0.2) is 0 Å². The third kappa shape index (κ3) is 5.33. The van der Waals surface area contributed by atoms with Gasteiger partial charge in [0.25, 0.3) is 0 Å². The van der Waals surface area contributed by atoms with Gasteiger partial charge in [0, 0.05) is 26.3 Å². The van der Waals surface area contributed by atoms with E-state index in [1.165, 1.54) is 19.3 Å². The Kier molecular flexibility index (Phi) is 7.23. The zero-order chi connectivity index (χ0) is 13.4. The first-order valence-electron chi connectivity index (χ1n) is 6.91. The fourth-order valence-electron chi connectivity index (χ4n) is 2.24. The number of rotatable bonds is 7. The number of hydrogen-bond donors (Lipinski definition) is 2. The largest absolute Gasteiger partial charge is 0.385 e. The van der Waals surface area contributed by atoms with Crippen molar-refractivity contribution >= 4 is 5.91 Å². The van der Waals surface area contributed by atoms with Gasteiger partial charge < -0.3 is 15.8 Å². The molecule has 0 aromatic heterocycles. The van der Waals surface area contributed by atoms with Crippen LogP contribution in [0.25, 0.3) is 0 Å². The number of likely N-dealkylation sites (tertiary alicyclic amines) is 1. The highest BCUT2D eigenvalue weighted by molar-refractivity contribution is 5.81. The van der Waals surface area contributed by atoms with Crippen molar-refractivity contribution in [3.63, 3.8) is 0 Å². The van der Waals surface area contributed by atoms with Crippen LogP contribution in [0.3, 0.4) is 0 Å². The van der Waals surface area contributed by atoms with Crippen LogP contribution in [0.4, 0.5) is 0 Å². The lowest BCUT2D eigenvalue weighted by molar-refractivity contribution is -0.123. The van der Waals surface area contributed by atoms with Crippen LogP contribution in [0, 0.1) is 0 Å². The van der Waals surface area contributed by atoms with E-state index < -0.39 is 6.04 Å². The second kappa shape index (κ2) is 8.45. The summed E-state index contributed by atoms with van der Waals surface area (Å²) in [7, 11) is 1.61. The molecule has 5 heteroatoms. The quantitative estimate of drug-likeness (QED) is 0.690. The van der Waals surface area contributed by atoms with Gasteiger partial charge in [-0.2, -0.15) is 0 Å². The van der Waals surface area contributed by atoms with E-state index >= 15 is 0 Å². The summed E-state index contributed by atoms with van der Waals surface area (Å²) in [5, 5.41) is 2.93. The average molecular weight is 257 g/mol. The Hall–Kier alpha value is -0.650. The molecule has 2 atom stereocenters. The fourth-order valence-corrected chi connectivity index (χ4v) is 2.24. The van der Waals surface area contributed by atoms with Gasteiger partial charge in [-0.25, -0.2) is 0 Å². The number of carbonyl (C=O) groups is 1. The molecule has 0 aliphatic carbocycles. The molecule has 5 nitrogen and oxygen atoms in total. The van der Waals surface area contributed by atoms with Crippen LogP contribution in [-0.2, 0) is 9.53 Å². The van der Waals surface area contributed by atoms with E-state index in [1.54, 1.807) is 7.11 Å². The SMILES string of the molecule is COCCC(N)C(=O)NCC(C)N1CCCCC1. The van der Waals surface area contributed by atoms with Crippen molar-refractivity contribution in [1.82, 2.24) is 10.2 Å². The molecule has 0 spiro atoms. The number of methoxy groups -OCH3 is 1. The van der Waals surface area contributed by atoms with E-state index in [2.05, 4.69) is 17.1 Å². The molecule has 1 aliphatic rings. The number of amides is 1. The van der Waals surface area contributed by atoms with Crippen molar-refractivity contribution in [2.24, 2.45) is 5.73 Å². The van der Waals surface area contributed by atoms with Crippen molar-refractivity contribution in [2.75, 3.05) is 33.4 Å². The second-order valence-electron chi connectivity index (χ2n) is 5.08. The molecule has 3 N–H and O–H groups in total. The summed E-state index contributed by atoms with van der Waals surface area (Å²) in [6.07, 6.45) is 4.44. The minimum atomic E-state index is -0.460. The van der Waals surface area contributed by atoms with Crippen molar-refractivity contribution in [3.8, 4) is 0 Å². The minimum absolute atomic E-state index is 0.0732. The van der Waals surface area contributed by atoms with Gasteiger partial charge in [-0.3, -0.25) is 9.69 Å². The van der Waals surface area contributed by atoms with Crippen molar-refractivity contribution in [2.45, 2.75) is 44.7 Å². The summed E-state index contributed by atoms with van der Waals surface area (Å²) in [5.41, 5.74) is 5.76. The van der Waals surface area contributed by atoms with Gasteiger partial charge in [-0.05, 0) is 39.3 Å². The first-order valence-corrected chi connectivity index (χ1v) is 6.91. The lowest BCUT2D eigenvalue weighted by Gasteiger charge is -2.32. The third-order valence-electron chi connectivity index (χ3n) is 3.56. The number of nitrogens with one attached hydrogen (secondary N) is 1. The molecule has 2 unspecified atom stereocenters. The standard InChI is InChI=1S/C13H27N3O2/c1-11(16-7-4-3-5-8-16)10-15-13(17)12(14)6-9-18-2/h11-12H,3-10,14H2,1-2H3,(H,15,17). The summed E-state index contributed by atoms with van der Waals surface area (Å²) in [6, 6.07) is -0.0672. The lowest BCUT2D eigenvalue weighted by atomic mass is 10.1. The number of nitrogens with two attached hydrogens (primary N) is 1. The Bertz CT molecular complexity index is 242. The number of nitrogens with zero attached hydrogens (tertiary/aromatic N) is 1. The lowest BCUT2D eigenvalue weighted by Crippen LogP contribution is -2.48. The molecule has 18 heavy (non-hydrogen) atoms. The van der Waals surface area contributed by atoms with Crippen molar-refractivity contribution in [3.05, 3.63) is 0 Å². The van der Waals surface area contributed by atoms with E-state index in [0.29, 0.717) is 25.6 Å². The Morgan fingerprint density at radius 3 is 2.67 bits per heavy atom. The van der Waals surface area contributed by atoms with E-state index in [-0.39, 0.29) is 5.91 Å². The highest BCUT2D eigenvalue weighted by Crippen LogP contribution is 2.11. The number of piperidine rings is 1. The van der Waals surface area contributed by atoms with Gasteiger partial charge in [-0.1, -0.05) is 6.42 Å². The van der Waals surface area contributed by atoms with Crippen molar-refractivity contribution < 1.29 is 9.53 Å². The molecule has 106 valence electrons. The average Bonchev–Trinajstić information content (AvgIpc) is 2.42. The van der Waals surface area contributed by atoms with Gasteiger partial charge in [0.2, 0.25) is 5.91 Å². The summed E-state index contributed by atoms with van der Waals surface area (Å²) in [4.78, 5) is 14.2. The van der Waals surface area contributed by atoms with Crippen LogP contribution < -0.4 is 11.1 Å². The molecule has 0 bridgehead atoms. The van der Waals surface area contributed by atoms with Crippen molar-refractivity contribution in [1.29, 1.82) is 0 Å². The highest BCUT2D eigenvalue weighted by atomic mass is 16.5. The maximum atomic E-state index is 11.7. The Morgan fingerprint density at radius 1 is 1.39 bits per heavy atom. The van der Waals surface area contributed by atoms with Gasteiger partial charge in [0.15, 0.2) is 0 Å². The molecule has 0 aromatic carbocycles. The van der Waals surface area contributed by atoms with Gasteiger partial charge >= 0.3 is 0 Å². The fraction of sp³-hybridized carbons (Fsp3) is 0.923. The molecule has 1 saturated heterocycles. The van der Waals surface area contributed by atoms with Crippen LogP contribution in [0.5, 0.6) is 0 Å². The zero-order valence-corrected chi connectivity index (χ0v) is 11.7. The molecule has 1 rings (SSSR count). The third-order valence-corrected chi connectivity index (χ3v) is 3.56. The van der Waals surface area contributed by atoms with Gasteiger partial charge in [0.1, 0.15) is 0 Å². The summed E-state index contributed by atoms with van der Waals surface area (Å²) in [6.45, 7) is 5.65. The maximum Gasteiger partial charge on any atom is 0.237 e. The van der Waals surface area contributed by atoms with E-state index in [9.17, 15) is 4.79 Å². The van der Waals surface area contributed by atoms with Crippen LogP contribution >= 0.6 is 0 Å².